The first kappa shape index (κ1) is 77.6. The summed E-state index contributed by atoms with van der Waals surface area (Å²) in [6, 6.07) is 0. The largest absolute Gasteiger partial charge is 0.462 e. The van der Waals surface area contributed by atoms with Crippen molar-refractivity contribution in [3.05, 3.63) is 85.1 Å². The smallest absolute Gasteiger partial charge is 0.306 e. The van der Waals surface area contributed by atoms with Crippen LogP contribution in [0.25, 0.3) is 0 Å². The number of esters is 3. The van der Waals surface area contributed by atoms with E-state index in [2.05, 4.69) is 106 Å². The topological polar surface area (TPSA) is 78.9 Å². The summed E-state index contributed by atoms with van der Waals surface area (Å²) in [5, 5.41) is 0. The van der Waals surface area contributed by atoms with Gasteiger partial charge in [-0.25, -0.2) is 0 Å². The normalized spacial score (nSPS) is 12.6. The molecule has 81 heavy (non-hydrogen) atoms. The minimum absolute atomic E-state index is 0.0791. The Kier molecular flexibility index (Phi) is 66.2. The van der Waals surface area contributed by atoms with E-state index in [1.807, 2.05) is 0 Å². The second-order valence-corrected chi connectivity index (χ2v) is 23.4. The van der Waals surface area contributed by atoms with Crippen LogP contribution in [0, 0.1) is 0 Å². The molecule has 0 N–H and O–H groups in total. The molecule has 0 fully saturated rings. The number of carbonyl (C=O) groups excluding carboxylic acids is 3. The van der Waals surface area contributed by atoms with Crippen LogP contribution in [0.2, 0.25) is 0 Å². The maximum Gasteiger partial charge on any atom is 0.306 e. The first-order chi connectivity index (χ1) is 40.0. The van der Waals surface area contributed by atoms with Gasteiger partial charge in [0.05, 0.1) is 0 Å². The van der Waals surface area contributed by atoms with Crippen LogP contribution in [-0.4, -0.2) is 37.2 Å². The number of rotatable bonds is 64. The molecular formula is C75H132O6. The molecule has 468 valence electrons. The van der Waals surface area contributed by atoms with E-state index in [4.69, 9.17) is 14.2 Å². The van der Waals surface area contributed by atoms with Crippen molar-refractivity contribution in [1.82, 2.24) is 0 Å². The summed E-state index contributed by atoms with van der Waals surface area (Å²) in [6.45, 7) is 6.56. The fourth-order valence-electron chi connectivity index (χ4n) is 10.1. The highest BCUT2D eigenvalue weighted by atomic mass is 16.6. The van der Waals surface area contributed by atoms with Gasteiger partial charge in [-0.15, -0.1) is 0 Å². The number of unbranched alkanes of at least 4 members (excludes halogenated alkanes) is 39. The third-order valence-electron chi connectivity index (χ3n) is 15.4. The van der Waals surface area contributed by atoms with Gasteiger partial charge in [-0.2, -0.15) is 0 Å². The van der Waals surface area contributed by atoms with Crippen molar-refractivity contribution in [3.8, 4) is 0 Å². The number of allylic oxidation sites excluding steroid dienone is 14. The summed E-state index contributed by atoms with van der Waals surface area (Å²) in [4.78, 5) is 38.5. The Morgan fingerprint density at radius 2 is 0.481 bits per heavy atom. The van der Waals surface area contributed by atoms with E-state index in [9.17, 15) is 14.4 Å². The van der Waals surface area contributed by atoms with Gasteiger partial charge in [0.1, 0.15) is 13.2 Å². The van der Waals surface area contributed by atoms with E-state index in [1.54, 1.807) is 0 Å². The van der Waals surface area contributed by atoms with Gasteiger partial charge < -0.3 is 14.2 Å². The van der Waals surface area contributed by atoms with Crippen molar-refractivity contribution in [3.63, 3.8) is 0 Å². The Morgan fingerprint density at radius 3 is 0.765 bits per heavy atom. The van der Waals surface area contributed by atoms with E-state index in [0.717, 1.165) is 96.3 Å². The molecule has 1 unspecified atom stereocenters. The van der Waals surface area contributed by atoms with Gasteiger partial charge in [0.25, 0.3) is 0 Å². The second-order valence-electron chi connectivity index (χ2n) is 23.4. The monoisotopic (exact) mass is 1130 g/mol. The van der Waals surface area contributed by atoms with Crippen LogP contribution in [-0.2, 0) is 28.6 Å². The molecule has 0 aromatic heterocycles. The van der Waals surface area contributed by atoms with Gasteiger partial charge in [-0.05, 0) is 116 Å². The van der Waals surface area contributed by atoms with Gasteiger partial charge in [0.2, 0.25) is 0 Å². The summed E-state index contributed by atoms with van der Waals surface area (Å²) in [5.41, 5.74) is 0. The number of hydrogen-bond donors (Lipinski definition) is 0. The van der Waals surface area contributed by atoms with Crippen molar-refractivity contribution in [1.29, 1.82) is 0 Å². The average Bonchev–Trinajstić information content (AvgIpc) is 3.47. The molecule has 0 aliphatic rings. The minimum atomic E-state index is -0.784. The van der Waals surface area contributed by atoms with Crippen LogP contribution in [0.1, 0.15) is 355 Å². The van der Waals surface area contributed by atoms with Crippen LogP contribution in [0.5, 0.6) is 0 Å². The lowest BCUT2D eigenvalue weighted by Crippen LogP contribution is -2.30. The number of ether oxygens (including phenoxy) is 3. The molecule has 1 atom stereocenters. The van der Waals surface area contributed by atoms with Crippen molar-refractivity contribution >= 4 is 17.9 Å². The lowest BCUT2D eigenvalue weighted by atomic mass is 10.1. The van der Waals surface area contributed by atoms with Crippen molar-refractivity contribution < 1.29 is 28.6 Å². The molecule has 0 saturated carbocycles. The molecule has 0 bridgehead atoms. The number of carbonyl (C=O) groups is 3. The van der Waals surface area contributed by atoms with Gasteiger partial charge in [0.15, 0.2) is 6.10 Å². The predicted octanol–water partition coefficient (Wildman–Crippen LogP) is 24.2. The zero-order chi connectivity index (χ0) is 58.5. The Hall–Kier alpha value is -3.41. The molecule has 0 saturated heterocycles. The Morgan fingerprint density at radius 1 is 0.259 bits per heavy atom. The van der Waals surface area contributed by atoms with Gasteiger partial charge in [0, 0.05) is 19.3 Å². The van der Waals surface area contributed by atoms with Gasteiger partial charge >= 0.3 is 17.9 Å². The van der Waals surface area contributed by atoms with E-state index in [-0.39, 0.29) is 31.1 Å². The average molecular weight is 1130 g/mol. The lowest BCUT2D eigenvalue weighted by Gasteiger charge is -2.18. The van der Waals surface area contributed by atoms with Crippen LogP contribution in [0.4, 0.5) is 0 Å². The molecule has 0 aliphatic heterocycles. The highest BCUT2D eigenvalue weighted by Crippen LogP contribution is 2.17. The lowest BCUT2D eigenvalue weighted by molar-refractivity contribution is -0.167. The van der Waals surface area contributed by atoms with Gasteiger partial charge in [-0.3, -0.25) is 14.4 Å². The maximum absolute atomic E-state index is 13.0. The Labute approximate surface area is 503 Å². The van der Waals surface area contributed by atoms with Gasteiger partial charge in [-0.1, -0.05) is 305 Å². The third-order valence-corrected chi connectivity index (χ3v) is 15.4. The van der Waals surface area contributed by atoms with E-state index in [0.29, 0.717) is 19.3 Å². The summed E-state index contributed by atoms with van der Waals surface area (Å²) in [7, 11) is 0. The first-order valence-electron chi connectivity index (χ1n) is 35.1. The molecule has 0 amide bonds. The first-order valence-corrected chi connectivity index (χ1v) is 35.1. The summed E-state index contributed by atoms with van der Waals surface area (Å²) < 4.78 is 17.0. The van der Waals surface area contributed by atoms with Crippen molar-refractivity contribution in [2.75, 3.05) is 13.2 Å². The fraction of sp³-hybridized carbons (Fsp3) is 0.773. The van der Waals surface area contributed by atoms with Crippen LogP contribution >= 0.6 is 0 Å². The molecule has 6 nitrogen and oxygen atoms in total. The van der Waals surface area contributed by atoms with Crippen molar-refractivity contribution in [2.45, 2.75) is 361 Å². The fourth-order valence-corrected chi connectivity index (χ4v) is 10.1. The summed E-state index contributed by atoms with van der Waals surface area (Å²) in [5.74, 6) is -0.873. The molecule has 0 radical (unpaired) electrons. The SMILES string of the molecule is CC/C=C\C/C=C\C/C=C\C/C=C\C/C=C\CCCCCCCCCCCC(=O)OCC(COC(=O)CCCCCCCCC/C=C\CCCCCCCC)OC(=O)CCCCCCCCCCC/C=C\CCCCCCCCCC. The van der Waals surface area contributed by atoms with E-state index < -0.39 is 6.10 Å². The van der Waals surface area contributed by atoms with E-state index in [1.165, 1.54) is 218 Å². The molecule has 0 heterocycles. The highest BCUT2D eigenvalue weighted by Gasteiger charge is 2.19. The molecular weight excluding hydrogens is 997 g/mol. The summed E-state index contributed by atoms with van der Waals surface area (Å²) in [6.07, 6.45) is 91.7. The van der Waals surface area contributed by atoms with Crippen LogP contribution in [0.15, 0.2) is 85.1 Å². The maximum atomic E-state index is 13.0. The molecule has 0 aromatic carbocycles. The molecule has 6 heteroatoms. The summed E-state index contributed by atoms with van der Waals surface area (Å²) >= 11 is 0. The standard InChI is InChI=1S/C75H132O6/c1-4-7-10-13-16-19-22-25-28-31-33-35-36-37-38-40-41-44-47-50-53-56-59-62-65-68-74(77)80-71-72(70-79-73(76)67-64-61-58-55-52-49-46-43-30-27-24-21-18-15-12-9-6-3)81-75(78)69-66-63-60-57-54-51-48-45-42-39-34-32-29-26-23-20-17-14-11-8-5-2/h7,10,16,19,25,27-28,30,32-35,37-38,72H,4-6,8-9,11-15,17-18,20-24,26,29,31,36,39-71H2,1-3H3/b10-7-,19-16-,28-25-,30-27-,34-32-,35-33-,38-37-. The zero-order valence-electron chi connectivity index (χ0n) is 53.8. The minimum Gasteiger partial charge on any atom is -0.462 e. The number of hydrogen-bond acceptors (Lipinski definition) is 6. The quantitative estimate of drug-likeness (QED) is 0.0261. The third kappa shape index (κ3) is 67.3. The predicted molar refractivity (Wildman–Crippen MR) is 353 cm³/mol. The Bertz CT molecular complexity index is 1530. The molecule has 0 aromatic rings. The molecule has 0 aliphatic carbocycles. The van der Waals surface area contributed by atoms with Crippen molar-refractivity contribution in [2.24, 2.45) is 0 Å². The zero-order valence-corrected chi connectivity index (χ0v) is 53.8. The highest BCUT2D eigenvalue weighted by molar-refractivity contribution is 5.71. The van der Waals surface area contributed by atoms with E-state index >= 15 is 0 Å². The second kappa shape index (κ2) is 69.1. The van der Waals surface area contributed by atoms with Crippen LogP contribution in [0.3, 0.4) is 0 Å². The molecule has 0 spiro atoms. The molecule has 0 rings (SSSR count). The Balaban J connectivity index is 4.36. The van der Waals surface area contributed by atoms with Crippen LogP contribution < -0.4 is 0 Å².